The number of hydrogen-bond acceptors (Lipinski definition) is 7. The van der Waals surface area contributed by atoms with E-state index in [0.717, 1.165) is 50.0 Å². The van der Waals surface area contributed by atoms with E-state index in [1.54, 1.807) is 17.7 Å². The minimum atomic E-state index is 0.444. The van der Waals surface area contributed by atoms with Crippen LogP contribution in [0.2, 0.25) is 0 Å². The van der Waals surface area contributed by atoms with Crippen LogP contribution in [-0.4, -0.2) is 15.0 Å². The number of thiazole rings is 1. The molecule has 3 N–H and O–H groups in total. The fourth-order valence-electron chi connectivity index (χ4n) is 3.36. The molecule has 0 amide bonds. The summed E-state index contributed by atoms with van der Waals surface area (Å²) in [5.41, 5.74) is 10.5. The van der Waals surface area contributed by atoms with Crippen molar-refractivity contribution in [2.24, 2.45) is 5.73 Å². The smallest absolute Gasteiger partial charge is 0.141 e. The molecule has 3 aromatic carbocycles. The van der Waals surface area contributed by atoms with Crippen LogP contribution >= 0.6 is 11.3 Å². The lowest BCUT2D eigenvalue weighted by Gasteiger charge is -2.11. The molecule has 0 saturated carbocycles. The second-order valence-corrected chi connectivity index (χ2v) is 8.15. The van der Waals surface area contributed by atoms with Crippen LogP contribution in [0.15, 0.2) is 84.5 Å². The van der Waals surface area contributed by atoms with E-state index < -0.39 is 0 Å². The lowest BCUT2D eigenvalue weighted by Crippen LogP contribution is -1.98. The highest BCUT2D eigenvalue weighted by molar-refractivity contribution is 7.09. The van der Waals surface area contributed by atoms with Gasteiger partial charge in [0.1, 0.15) is 29.5 Å². The second kappa shape index (κ2) is 9.13. The summed E-state index contributed by atoms with van der Waals surface area (Å²) >= 11 is 1.57. The summed E-state index contributed by atoms with van der Waals surface area (Å²) in [7, 11) is 0. The number of nitrogens with one attached hydrogen (secondary N) is 1. The zero-order valence-electron chi connectivity index (χ0n) is 17.2. The molecular formula is C25H21N5OS. The Labute approximate surface area is 189 Å². The van der Waals surface area contributed by atoms with Crippen LogP contribution in [0, 0.1) is 0 Å². The van der Waals surface area contributed by atoms with Gasteiger partial charge in [-0.3, -0.25) is 0 Å². The Bertz CT molecular complexity index is 1340. The van der Waals surface area contributed by atoms with Crippen molar-refractivity contribution in [3.8, 4) is 17.0 Å². The second-order valence-electron chi connectivity index (χ2n) is 7.21. The summed E-state index contributed by atoms with van der Waals surface area (Å²) in [6, 6.07) is 24.0. The van der Waals surface area contributed by atoms with Crippen molar-refractivity contribution in [2.45, 2.75) is 13.2 Å². The Kier molecular flexibility index (Phi) is 5.74. The van der Waals surface area contributed by atoms with E-state index in [4.69, 9.17) is 10.5 Å². The maximum atomic E-state index is 5.88. The Hall–Kier alpha value is -3.81. The number of fused-ring (bicyclic) bond motifs is 1. The molecule has 5 aromatic rings. The summed E-state index contributed by atoms with van der Waals surface area (Å²) in [6.07, 6.45) is 1.57. The summed E-state index contributed by atoms with van der Waals surface area (Å²) in [6.45, 7) is 0.981. The summed E-state index contributed by atoms with van der Waals surface area (Å²) in [5.74, 6) is 1.55. The Morgan fingerprint density at radius 2 is 1.78 bits per heavy atom. The van der Waals surface area contributed by atoms with Gasteiger partial charge in [-0.15, -0.1) is 11.3 Å². The van der Waals surface area contributed by atoms with Gasteiger partial charge < -0.3 is 15.8 Å². The molecule has 0 aliphatic rings. The highest BCUT2D eigenvalue weighted by Crippen LogP contribution is 2.29. The van der Waals surface area contributed by atoms with E-state index in [2.05, 4.69) is 26.3 Å². The molecule has 2 heterocycles. The van der Waals surface area contributed by atoms with E-state index in [0.29, 0.717) is 13.2 Å². The van der Waals surface area contributed by atoms with Gasteiger partial charge in [-0.25, -0.2) is 15.0 Å². The minimum absolute atomic E-state index is 0.444. The van der Waals surface area contributed by atoms with E-state index >= 15 is 0 Å². The van der Waals surface area contributed by atoms with Crippen LogP contribution in [0.25, 0.3) is 22.2 Å². The summed E-state index contributed by atoms with van der Waals surface area (Å²) < 4.78 is 5.88. The van der Waals surface area contributed by atoms with Crippen LogP contribution in [0.3, 0.4) is 0 Å². The third kappa shape index (κ3) is 4.44. The summed E-state index contributed by atoms with van der Waals surface area (Å²) in [4.78, 5) is 13.5. The number of benzene rings is 3. The molecule has 7 heteroatoms. The van der Waals surface area contributed by atoms with Crippen molar-refractivity contribution in [3.63, 3.8) is 0 Å². The average molecular weight is 440 g/mol. The van der Waals surface area contributed by atoms with Crippen LogP contribution in [0.1, 0.15) is 10.6 Å². The Morgan fingerprint density at radius 3 is 2.56 bits per heavy atom. The normalized spacial score (nSPS) is 10.9. The zero-order valence-corrected chi connectivity index (χ0v) is 18.0. The van der Waals surface area contributed by atoms with Gasteiger partial charge in [0.2, 0.25) is 0 Å². The van der Waals surface area contributed by atoms with Crippen molar-refractivity contribution in [3.05, 3.63) is 95.1 Å². The summed E-state index contributed by atoms with van der Waals surface area (Å²) in [5, 5.41) is 7.26. The Morgan fingerprint density at radius 1 is 0.938 bits per heavy atom. The molecule has 0 atom stereocenters. The van der Waals surface area contributed by atoms with Gasteiger partial charge in [0.05, 0.1) is 11.2 Å². The molecule has 0 aliphatic carbocycles. The van der Waals surface area contributed by atoms with Gasteiger partial charge in [0.25, 0.3) is 0 Å². The first-order chi connectivity index (χ1) is 15.8. The van der Waals surface area contributed by atoms with Crippen LogP contribution in [0.4, 0.5) is 11.5 Å². The topological polar surface area (TPSA) is 86.0 Å². The molecule has 0 aliphatic heterocycles. The lowest BCUT2D eigenvalue weighted by molar-refractivity contribution is 0.306. The predicted octanol–water partition coefficient (Wildman–Crippen LogP) is 5.53. The fourth-order valence-corrected chi connectivity index (χ4v) is 4.05. The minimum Gasteiger partial charge on any atom is -0.489 e. The van der Waals surface area contributed by atoms with Crippen molar-refractivity contribution in [1.29, 1.82) is 0 Å². The number of ether oxygens (including phenoxy) is 1. The van der Waals surface area contributed by atoms with Crippen molar-refractivity contribution >= 4 is 33.7 Å². The Balaban J connectivity index is 1.35. The molecule has 0 fully saturated rings. The number of nitrogens with zero attached hydrogens (tertiary/aromatic N) is 3. The molecule has 158 valence electrons. The third-order valence-electron chi connectivity index (χ3n) is 5.02. The number of nitrogens with two attached hydrogens (primary N) is 1. The molecular weight excluding hydrogens is 418 g/mol. The number of rotatable bonds is 7. The van der Waals surface area contributed by atoms with Crippen LogP contribution in [0.5, 0.6) is 5.75 Å². The number of hydrogen-bond donors (Lipinski definition) is 2. The molecule has 0 saturated heterocycles. The first-order valence-electron chi connectivity index (χ1n) is 10.2. The molecule has 0 spiro atoms. The number of aromatic nitrogens is 3. The highest BCUT2D eigenvalue weighted by Gasteiger charge is 2.09. The molecule has 32 heavy (non-hydrogen) atoms. The van der Waals surface area contributed by atoms with Crippen molar-refractivity contribution < 1.29 is 4.74 Å². The van der Waals surface area contributed by atoms with E-state index in [-0.39, 0.29) is 0 Å². The fraction of sp³-hybridized carbons (Fsp3) is 0.0800. The molecule has 0 unspecified atom stereocenters. The van der Waals surface area contributed by atoms with Gasteiger partial charge in [-0.05, 0) is 42.0 Å². The molecule has 0 radical (unpaired) electrons. The van der Waals surface area contributed by atoms with Crippen molar-refractivity contribution in [1.82, 2.24) is 15.0 Å². The largest absolute Gasteiger partial charge is 0.489 e. The molecule has 2 aromatic heterocycles. The average Bonchev–Trinajstić information content (AvgIpc) is 3.34. The standard InChI is InChI=1S/C25H21N5OS/c26-13-24-30-23(15-32-24)18-6-11-22-21(12-18)25(28-16-27-22)29-19-7-9-20(10-8-19)31-14-17-4-2-1-3-5-17/h1-12,15-16H,13-14,26H2,(H,27,28,29). The third-order valence-corrected chi connectivity index (χ3v) is 5.89. The molecule has 0 bridgehead atoms. The van der Waals surface area contributed by atoms with Gasteiger partial charge in [0, 0.05) is 28.6 Å². The predicted molar refractivity (Wildman–Crippen MR) is 129 cm³/mol. The molecule has 6 nitrogen and oxygen atoms in total. The van der Waals surface area contributed by atoms with Gasteiger partial charge >= 0.3 is 0 Å². The maximum Gasteiger partial charge on any atom is 0.141 e. The zero-order chi connectivity index (χ0) is 21.8. The number of anilines is 2. The van der Waals surface area contributed by atoms with Gasteiger partial charge in [-0.1, -0.05) is 36.4 Å². The van der Waals surface area contributed by atoms with Crippen LogP contribution < -0.4 is 15.8 Å². The van der Waals surface area contributed by atoms with Crippen molar-refractivity contribution in [2.75, 3.05) is 5.32 Å². The van der Waals surface area contributed by atoms with Gasteiger partial charge in [0.15, 0.2) is 0 Å². The SMILES string of the molecule is NCc1nc(-c2ccc3ncnc(Nc4ccc(OCc5ccccc5)cc4)c3c2)cs1. The van der Waals surface area contributed by atoms with E-state index in [9.17, 15) is 0 Å². The van der Waals surface area contributed by atoms with Gasteiger partial charge in [-0.2, -0.15) is 0 Å². The quantitative estimate of drug-likeness (QED) is 0.347. The first kappa shape index (κ1) is 20.1. The first-order valence-corrected chi connectivity index (χ1v) is 11.1. The van der Waals surface area contributed by atoms with Crippen LogP contribution in [-0.2, 0) is 13.2 Å². The van der Waals surface area contributed by atoms with E-state index in [1.807, 2.05) is 72.1 Å². The maximum absolute atomic E-state index is 5.88. The highest BCUT2D eigenvalue weighted by atomic mass is 32.1. The monoisotopic (exact) mass is 439 g/mol. The lowest BCUT2D eigenvalue weighted by atomic mass is 10.1. The van der Waals surface area contributed by atoms with E-state index in [1.165, 1.54) is 0 Å². The molecule has 5 rings (SSSR count).